The van der Waals surface area contributed by atoms with Gasteiger partial charge in [0, 0.05) is 19.5 Å². The fourth-order valence-electron chi connectivity index (χ4n) is 2.69. The summed E-state index contributed by atoms with van der Waals surface area (Å²) in [4.78, 5) is 14.2. The van der Waals surface area contributed by atoms with E-state index in [2.05, 4.69) is 38.1 Å². The summed E-state index contributed by atoms with van der Waals surface area (Å²) in [5.41, 5.74) is 2.54. The molecule has 2 rings (SSSR count). The highest BCUT2D eigenvalue weighted by Crippen LogP contribution is 2.17. The predicted octanol–water partition coefficient (Wildman–Crippen LogP) is 3.19. The molecule has 1 aliphatic heterocycles. The van der Waals surface area contributed by atoms with E-state index in [9.17, 15) is 4.79 Å². The van der Waals surface area contributed by atoms with Crippen LogP contribution in [0.25, 0.3) is 0 Å². The molecule has 1 atom stereocenters. The van der Waals surface area contributed by atoms with E-state index in [1.807, 2.05) is 4.90 Å². The van der Waals surface area contributed by atoms with Gasteiger partial charge in [0.1, 0.15) is 0 Å². The lowest BCUT2D eigenvalue weighted by atomic mass is 9.99. The molecule has 0 radical (unpaired) electrons. The summed E-state index contributed by atoms with van der Waals surface area (Å²) < 4.78 is 0. The summed E-state index contributed by atoms with van der Waals surface area (Å²) in [6, 6.07) is 8.45. The molecular formula is C16H23NO. The number of amides is 1. The van der Waals surface area contributed by atoms with Gasteiger partial charge in [-0.2, -0.15) is 0 Å². The molecule has 1 heterocycles. The molecule has 1 aromatic rings. The number of aryl methyl sites for hydroxylation is 2. The van der Waals surface area contributed by atoms with Crippen LogP contribution in [-0.4, -0.2) is 23.9 Å². The van der Waals surface area contributed by atoms with Gasteiger partial charge in [-0.25, -0.2) is 0 Å². The quantitative estimate of drug-likeness (QED) is 0.801. The van der Waals surface area contributed by atoms with Gasteiger partial charge in [0.25, 0.3) is 0 Å². The Morgan fingerprint density at radius 1 is 1.44 bits per heavy atom. The zero-order valence-corrected chi connectivity index (χ0v) is 11.5. The van der Waals surface area contributed by atoms with Crippen molar-refractivity contribution in [1.29, 1.82) is 0 Å². The molecule has 0 saturated carbocycles. The Kier molecular flexibility index (Phi) is 4.40. The first kappa shape index (κ1) is 13.1. The van der Waals surface area contributed by atoms with Crippen LogP contribution in [0.2, 0.25) is 0 Å². The van der Waals surface area contributed by atoms with E-state index in [4.69, 9.17) is 0 Å². The molecule has 1 amide bonds. The van der Waals surface area contributed by atoms with Crippen LogP contribution in [-0.2, 0) is 11.2 Å². The highest BCUT2D eigenvalue weighted by molar-refractivity contribution is 5.76. The van der Waals surface area contributed by atoms with Gasteiger partial charge in [-0.3, -0.25) is 4.79 Å². The third-order valence-corrected chi connectivity index (χ3v) is 3.72. The first-order valence-corrected chi connectivity index (χ1v) is 6.98. The zero-order valence-electron chi connectivity index (χ0n) is 11.5. The number of hydrogen-bond donors (Lipinski definition) is 0. The maximum Gasteiger partial charge on any atom is 0.222 e. The van der Waals surface area contributed by atoms with Gasteiger partial charge in [-0.1, -0.05) is 36.8 Å². The Bertz CT molecular complexity index is 413. The van der Waals surface area contributed by atoms with Crippen LogP contribution >= 0.6 is 0 Å². The molecule has 18 heavy (non-hydrogen) atoms. The van der Waals surface area contributed by atoms with Crippen LogP contribution in [0.1, 0.15) is 37.3 Å². The van der Waals surface area contributed by atoms with E-state index in [1.54, 1.807) is 0 Å². The Morgan fingerprint density at radius 2 is 2.28 bits per heavy atom. The van der Waals surface area contributed by atoms with Gasteiger partial charge in [0.15, 0.2) is 0 Å². The average Bonchev–Trinajstić information content (AvgIpc) is 2.36. The van der Waals surface area contributed by atoms with Crippen LogP contribution in [0.5, 0.6) is 0 Å². The van der Waals surface area contributed by atoms with E-state index in [0.717, 1.165) is 25.9 Å². The van der Waals surface area contributed by atoms with Crippen LogP contribution < -0.4 is 0 Å². The van der Waals surface area contributed by atoms with Gasteiger partial charge in [0.05, 0.1) is 0 Å². The smallest absolute Gasteiger partial charge is 0.222 e. The van der Waals surface area contributed by atoms with Gasteiger partial charge in [0.2, 0.25) is 5.91 Å². The van der Waals surface area contributed by atoms with Crippen molar-refractivity contribution >= 4 is 5.91 Å². The maximum absolute atomic E-state index is 12.1. The maximum atomic E-state index is 12.1. The fraction of sp³-hybridized carbons (Fsp3) is 0.562. The summed E-state index contributed by atoms with van der Waals surface area (Å²) in [5, 5.41) is 0. The largest absolute Gasteiger partial charge is 0.342 e. The standard InChI is InChI=1S/C16H23NO/c1-13-5-3-7-15(11-13)8-9-16(18)17-10-4-6-14(2)12-17/h3,5,7,11,14H,4,6,8-10,12H2,1-2H3. The lowest BCUT2D eigenvalue weighted by Crippen LogP contribution is -2.39. The molecule has 98 valence electrons. The normalized spacial score (nSPS) is 19.9. The zero-order chi connectivity index (χ0) is 13.0. The molecular weight excluding hydrogens is 222 g/mol. The number of nitrogens with zero attached hydrogens (tertiary/aromatic N) is 1. The lowest BCUT2D eigenvalue weighted by molar-refractivity contribution is -0.132. The molecule has 2 nitrogen and oxygen atoms in total. The summed E-state index contributed by atoms with van der Waals surface area (Å²) in [6.07, 6.45) is 3.95. The number of benzene rings is 1. The molecule has 1 fully saturated rings. The van der Waals surface area contributed by atoms with E-state index in [-0.39, 0.29) is 0 Å². The summed E-state index contributed by atoms with van der Waals surface area (Å²) in [5.74, 6) is 0.990. The van der Waals surface area contributed by atoms with Gasteiger partial charge in [-0.05, 0) is 37.7 Å². The van der Waals surface area contributed by atoms with Crippen molar-refractivity contribution in [3.8, 4) is 0 Å². The second-order valence-electron chi connectivity index (χ2n) is 5.58. The minimum atomic E-state index is 0.322. The predicted molar refractivity (Wildman–Crippen MR) is 74.5 cm³/mol. The van der Waals surface area contributed by atoms with Crippen molar-refractivity contribution < 1.29 is 4.79 Å². The van der Waals surface area contributed by atoms with E-state index in [1.165, 1.54) is 17.5 Å². The van der Waals surface area contributed by atoms with E-state index < -0.39 is 0 Å². The number of piperidine rings is 1. The fourth-order valence-corrected chi connectivity index (χ4v) is 2.69. The number of carbonyl (C=O) groups is 1. The Morgan fingerprint density at radius 3 is 3.00 bits per heavy atom. The number of carbonyl (C=O) groups excluding carboxylic acids is 1. The van der Waals surface area contributed by atoms with Crippen LogP contribution in [0.15, 0.2) is 24.3 Å². The van der Waals surface area contributed by atoms with Crippen LogP contribution in [0.4, 0.5) is 0 Å². The van der Waals surface area contributed by atoms with E-state index >= 15 is 0 Å². The molecule has 0 aromatic heterocycles. The SMILES string of the molecule is Cc1cccc(CCC(=O)N2CCCC(C)C2)c1. The molecule has 1 aromatic carbocycles. The molecule has 0 aliphatic carbocycles. The van der Waals surface area contributed by atoms with Crippen molar-refractivity contribution in [2.45, 2.75) is 39.5 Å². The minimum Gasteiger partial charge on any atom is -0.342 e. The molecule has 0 spiro atoms. The number of rotatable bonds is 3. The number of likely N-dealkylation sites (tertiary alicyclic amines) is 1. The Balaban J connectivity index is 1.84. The van der Waals surface area contributed by atoms with Gasteiger partial charge >= 0.3 is 0 Å². The van der Waals surface area contributed by atoms with Crippen LogP contribution in [0.3, 0.4) is 0 Å². The van der Waals surface area contributed by atoms with Crippen molar-refractivity contribution in [2.75, 3.05) is 13.1 Å². The molecule has 0 bridgehead atoms. The minimum absolute atomic E-state index is 0.322. The summed E-state index contributed by atoms with van der Waals surface area (Å²) in [6.45, 7) is 6.24. The van der Waals surface area contributed by atoms with E-state index in [0.29, 0.717) is 18.2 Å². The van der Waals surface area contributed by atoms with Gasteiger partial charge < -0.3 is 4.90 Å². The van der Waals surface area contributed by atoms with Gasteiger partial charge in [-0.15, -0.1) is 0 Å². The molecule has 1 saturated heterocycles. The van der Waals surface area contributed by atoms with Crippen molar-refractivity contribution in [1.82, 2.24) is 4.90 Å². The second kappa shape index (κ2) is 6.03. The monoisotopic (exact) mass is 245 g/mol. The highest BCUT2D eigenvalue weighted by atomic mass is 16.2. The number of hydrogen-bond acceptors (Lipinski definition) is 1. The molecule has 1 aliphatic rings. The van der Waals surface area contributed by atoms with Crippen molar-refractivity contribution in [2.24, 2.45) is 5.92 Å². The van der Waals surface area contributed by atoms with Crippen molar-refractivity contribution in [3.63, 3.8) is 0 Å². The Labute approximate surface area is 110 Å². The Hall–Kier alpha value is -1.31. The average molecular weight is 245 g/mol. The molecule has 2 heteroatoms. The van der Waals surface area contributed by atoms with Crippen molar-refractivity contribution in [3.05, 3.63) is 35.4 Å². The highest BCUT2D eigenvalue weighted by Gasteiger charge is 2.20. The molecule has 1 unspecified atom stereocenters. The third-order valence-electron chi connectivity index (χ3n) is 3.72. The topological polar surface area (TPSA) is 20.3 Å². The van der Waals surface area contributed by atoms with Crippen LogP contribution in [0, 0.1) is 12.8 Å². The first-order chi connectivity index (χ1) is 8.65. The summed E-state index contributed by atoms with van der Waals surface area (Å²) >= 11 is 0. The first-order valence-electron chi connectivity index (χ1n) is 6.98. The third kappa shape index (κ3) is 3.59. The summed E-state index contributed by atoms with van der Waals surface area (Å²) in [7, 11) is 0. The lowest BCUT2D eigenvalue weighted by Gasteiger charge is -2.31. The second-order valence-corrected chi connectivity index (χ2v) is 5.58. The molecule has 0 N–H and O–H groups in total.